The third-order valence-corrected chi connectivity index (χ3v) is 4.86. The van der Waals surface area contributed by atoms with Crippen molar-refractivity contribution in [2.75, 3.05) is 40.0 Å². The number of fused-ring (bicyclic) bond motifs is 1. The number of nitrogens with one attached hydrogen (secondary N) is 1. The third-order valence-electron chi connectivity index (χ3n) is 4.86. The molecule has 2 aliphatic rings. The lowest BCUT2D eigenvalue weighted by molar-refractivity contribution is 0.0661. The summed E-state index contributed by atoms with van der Waals surface area (Å²) in [6.07, 6.45) is 1.21. The van der Waals surface area contributed by atoms with E-state index in [4.69, 9.17) is 9.47 Å². The third kappa shape index (κ3) is 3.33. The number of benzene rings is 1. The van der Waals surface area contributed by atoms with Gasteiger partial charge in [-0.05, 0) is 24.7 Å². The molecule has 9 nitrogen and oxygen atoms in total. The summed E-state index contributed by atoms with van der Waals surface area (Å²) in [6.45, 7) is 2.79. The van der Waals surface area contributed by atoms with Crippen LogP contribution in [-0.4, -0.2) is 65.3 Å². The van der Waals surface area contributed by atoms with Gasteiger partial charge in [-0.1, -0.05) is 6.07 Å². The standard InChI is InChI=1S/C18H20N4O5/c1-20-4-6-21(7-5-20)16(23)13-9-19-18(25)22(17(13)24)10-12-2-3-14-15(8-12)27-11-26-14/h2-3,8-9H,4-7,10-11H2,1H3,(H,19,25). The van der Waals surface area contributed by atoms with Crippen LogP contribution in [0.15, 0.2) is 34.0 Å². The minimum absolute atomic E-state index is 0.0279. The van der Waals surface area contributed by atoms with Gasteiger partial charge in [0.25, 0.3) is 11.5 Å². The molecule has 1 aromatic heterocycles. The van der Waals surface area contributed by atoms with Crippen molar-refractivity contribution in [1.29, 1.82) is 0 Å². The highest BCUT2D eigenvalue weighted by Crippen LogP contribution is 2.32. The lowest BCUT2D eigenvalue weighted by Gasteiger charge is -2.32. The number of aromatic amines is 1. The summed E-state index contributed by atoms with van der Waals surface area (Å²) < 4.78 is 11.6. The molecule has 0 spiro atoms. The molecule has 9 heteroatoms. The molecule has 2 aliphatic heterocycles. The lowest BCUT2D eigenvalue weighted by Crippen LogP contribution is -2.49. The molecule has 4 rings (SSSR count). The van der Waals surface area contributed by atoms with Crippen LogP contribution in [0, 0.1) is 0 Å². The number of hydrogen-bond acceptors (Lipinski definition) is 6. The predicted octanol–water partition coefficient (Wildman–Crippen LogP) is -0.299. The van der Waals surface area contributed by atoms with Crippen molar-refractivity contribution in [3.63, 3.8) is 0 Å². The zero-order chi connectivity index (χ0) is 19.0. The fraction of sp³-hybridized carbons (Fsp3) is 0.389. The Kier molecular flexibility index (Phi) is 4.44. The summed E-state index contributed by atoms with van der Waals surface area (Å²) >= 11 is 0. The number of likely N-dealkylation sites (N-methyl/N-ethyl adjacent to an activating group) is 1. The van der Waals surface area contributed by atoms with Crippen molar-refractivity contribution in [3.8, 4) is 11.5 Å². The maximum atomic E-state index is 12.8. The number of hydrogen-bond donors (Lipinski definition) is 1. The van der Waals surface area contributed by atoms with E-state index in [1.807, 2.05) is 7.05 Å². The second-order valence-electron chi connectivity index (χ2n) is 6.68. The van der Waals surface area contributed by atoms with Crippen LogP contribution >= 0.6 is 0 Å². The van der Waals surface area contributed by atoms with E-state index >= 15 is 0 Å². The van der Waals surface area contributed by atoms with Crippen molar-refractivity contribution >= 4 is 5.91 Å². The Hall–Kier alpha value is -3.07. The Morgan fingerprint density at radius 2 is 1.85 bits per heavy atom. The van der Waals surface area contributed by atoms with E-state index in [-0.39, 0.29) is 24.8 Å². The van der Waals surface area contributed by atoms with Crippen LogP contribution in [0.3, 0.4) is 0 Å². The molecule has 0 aliphatic carbocycles. The van der Waals surface area contributed by atoms with Gasteiger partial charge >= 0.3 is 5.69 Å². The van der Waals surface area contributed by atoms with Crippen LogP contribution in [0.25, 0.3) is 0 Å². The topological polar surface area (TPSA) is 96.9 Å². The highest BCUT2D eigenvalue weighted by Gasteiger charge is 2.24. The van der Waals surface area contributed by atoms with E-state index in [0.29, 0.717) is 30.2 Å². The average Bonchev–Trinajstić information content (AvgIpc) is 3.13. The first kappa shape index (κ1) is 17.3. The second kappa shape index (κ2) is 6.92. The molecule has 0 saturated carbocycles. The molecule has 0 bridgehead atoms. The number of H-pyrrole nitrogens is 1. The van der Waals surface area contributed by atoms with Crippen molar-refractivity contribution in [3.05, 3.63) is 56.4 Å². The minimum Gasteiger partial charge on any atom is -0.454 e. The zero-order valence-corrected chi connectivity index (χ0v) is 14.9. The Morgan fingerprint density at radius 3 is 2.63 bits per heavy atom. The van der Waals surface area contributed by atoms with Crippen molar-refractivity contribution < 1.29 is 14.3 Å². The highest BCUT2D eigenvalue weighted by atomic mass is 16.7. The van der Waals surface area contributed by atoms with Gasteiger partial charge < -0.3 is 24.3 Å². The Balaban J connectivity index is 1.62. The average molecular weight is 372 g/mol. The van der Waals surface area contributed by atoms with Gasteiger partial charge in [0.05, 0.1) is 6.54 Å². The molecular formula is C18H20N4O5. The summed E-state index contributed by atoms with van der Waals surface area (Å²) in [5, 5.41) is 0. The van der Waals surface area contributed by atoms with Gasteiger partial charge in [-0.25, -0.2) is 4.79 Å². The molecule has 27 heavy (non-hydrogen) atoms. The van der Waals surface area contributed by atoms with Crippen LogP contribution in [-0.2, 0) is 6.54 Å². The van der Waals surface area contributed by atoms with E-state index in [1.165, 1.54) is 6.20 Å². The largest absolute Gasteiger partial charge is 0.454 e. The van der Waals surface area contributed by atoms with Gasteiger partial charge in [-0.2, -0.15) is 0 Å². The smallest absolute Gasteiger partial charge is 0.328 e. The monoisotopic (exact) mass is 372 g/mol. The van der Waals surface area contributed by atoms with Gasteiger partial charge in [0.2, 0.25) is 6.79 Å². The zero-order valence-electron chi connectivity index (χ0n) is 14.9. The Morgan fingerprint density at radius 1 is 1.11 bits per heavy atom. The van der Waals surface area contributed by atoms with E-state index < -0.39 is 11.2 Å². The van der Waals surface area contributed by atoms with Crippen LogP contribution in [0.1, 0.15) is 15.9 Å². The molecule has 1 aromatic carbocycles. The summed E-state index contributed by atoms with van der Waals surface area (Å²) in [7, 11) is 1.99. The van der Waals surface area contributed by atoms with Crippen LogP contribution < -0.4 is 20.7 Å². The van der Waals surface area contributed by atoms with E-state index in [9.17, 15) is 14.4 Å². The maximum Gasteiger partial charge on any atom is 0.328 e. The molecule has 1 saturated heterocycles. The summed E-state index contributed by atoms with van der Waals surface area (Å²) in [6, 6.07) is 5.22. The maximum absolute atomic E-state index is 12.8. The van der Waals surface area contributed by atoms with Gasteiger partial charge in [0.1, 0.15) is 5.56 Å². The molecule has 0 radical (unpaired) electrons. The van der Waals surface area contributed by atoms with Gasteiger partial charge in [-0.15, -0.1) is 0 Å². The van der Waals surface area contributed by atoms with Crippen LogP contribution in [0.2, 0.25) is 0 Å². The summed E-state index contributed by atoms with van der Waals surface area (Å²) in [5.41, 5.74) is -0.483. The first-order chi connectivity index (χ1) is 13.0. The number of aromatic nitrogens is 2. The molecule has 1 amide bonds. The van der Waals surface area contributed by atoms with E-state index in [2.05, 4.69) is 9.88 Å². The number of carbonyl (C=O) groups excluding carboxylic acids is 1. The van der Waals surface area contributed by atoms with Crippen molar-refractivity contribution in [2.45, 2.75) is 6.54 Å². The number of amides is 1. The normalized spacial score (nSPS) is 16.6. The molecule has 1 fully saturated rings. The van der Waals surface area contributed by atoms with Crippen LogP contribution in [0.5, 0.6) is 11.5 Å². The molecule has 2 aromatic rings. The summed E-state index contributed by atoms with van der Waals surface area (Å²) in [4.78, 5) is 44.0. The number of ether oxygens (including phenoxy) is 2. The second-order valence-corrected chi connectivity index (χ2v) is 6.68. The van der Waals surface area contributed by atoms with E-state index in [1.54, 1.807) is 23.1 Å². The number of rotatable bonds is 3. The Bertz CT molecular complexity index is 988. The lowest BCUT2D eigenvalue weighted by atomic mass is 10.2. The SMILES string of the molecule is CN1CCN(C(=O)c2c[nH]c(=O)n(Cc3ccc4c(c3)OCO4)c2=O)CC1. The quantitative estimate of drug-likeness (QED) is 0.795. The van der Waals surface area contributed by atoms with Gasteiger partial charge in [0.15, 0.2) is 11.5 Å². The summed E-state index contributed by atoms with van der Waals surface area (Å²) in [5.74, 6) is 0.837. The predicted molar refractivity (Wildman–Crippen MR) is 96.4 cm³/mol. The first-order valence-corrected chi connectivity index (χ1v) is 8.72. The molecule has 142 valence electrons. The van der Waals surface area contributed by atoms with E-state index in [0.717, 1.165) is 17.7 Å². The minimum atomic E-state index is -0.597. The molecule has 0 atom stereocenters. The van der Waals surface area contributed by atoms with Crippen molar-refractivity contribution in [2.24, 2.45) is 0 Å². The number of nitrogens with zero attached hydrogens (tertiary/aromatic N) is 3. The number of carbonyl (C=O) groups is 1. The molecule has 0 unspecified atom stereocenters. The van der Waals surface area contributed by atoms with Crippen molar-refractivity contribution in [1.82, 2.24) is 19.4 Å². The van der Waals surface area contributed by atoms with Gasteiger partial charge in [-0.3, -0.25) is 14.2 Å². The van der Waals surface area contributed by atoms with Crippen LogP contribution in [0.4, 0.5) is 0 Å². The Labute approximate surface area is 154 Å². The fourth-order valence-corrected chi connectivity index (χ4v) is 3.21. The highest BCUT2D eigenvalue weighted by molar-refractivity contribution is 5.93. The molecule has 3 heterocycles. The fourth-order valence-electron chi connectivity index (χ4n) is 3.21. The molecule has 1 N–H and O–H groups in total. The number of piperazine rings is 1. The van der Waals surface area contributed by atoms with Gasteiger partial charge in [0, 0.05) is 32.4 Å². The molecular weight excluding hydrogens is 352 g/mol. The first-order valence-electron chi connectivity index (χ1n) is 8.72.